The molecule has 0 bridgehead atoms. The topological polar surface area (TPSA) is 29.3 Å². The second-order valence-corrected chi connectivity index (χ2v) is 13.4. The fourth-order valence-electron chi connectivity index (χ4n) is 6.25. The number of hydrogen-bond acceptors (Lipinski definition) is 2. The molecule has 1 unspecified atom stereocenters. The largest absolute Gasteiger partial charge is 0.316 e. The van der Waals surface area contributed by atoms with E-state index in [1.165, 1.54) is 219 Å². The highest BCUT2D eigenvalue weighted by atomic mass is 15.2. The molecule has 0 amide bonds. The van der Waals surface area contributed by atoms with E-state index >= 15 is 0 Å². The molecule has 0 aromatic rings. The van der Waals surface area contributed by atoms with Crippen molar-refractivity contribution in [2.24, 2.45) is 5.73 Å². The lowest BCUT2D eigenvalue weighted by Crippen LogP contribution is -2.40. The Labute approximate surface area is 255 Å². The molecule has 0 radical (unpaired) electrons. The summed E-state index contributed by atoms with van der Waals surface area (Å²) in [7, 11) is 0. The minimum atomic E-state index is 0.215. The number of nitrogens with zero attached hydrogens (tertiary/aromatic N) is 1. The Hall–Kier alpha value is -0.0800. The second-order valence-electron chi connectivity index (χ2n) is 13.4. The Balaban J connectivity index is 3.37. The van der Waals surface area contributed by atoms with E-state index in [1.54, 1.807) is 0 Å². The second kappa shape index (κ2) is 35.1. The smallest absolute Gasteiger partial charge is 0.0542 e. The zero-order valence-corrected chi connectivity index (χ0v) is 28.6. The van der Waals surface area contributed by atoms with E-state index < -0.39 is 0 Å². The molecule has 2 heteroatoms. The van der Waals surface area contributed by atoms with E-state index in [0.29, 0.717) is 0 Å². The molecule has 0 heterocycles. The maximum atomic E-state index is 6.30. The Bertz CT molecular complexity index is 399. The highest BCUT2D eigenvalue weighted by Crippen LogP contribution is 2.16. The van der Waals surface area contributed by atoms with Gasteiger partial charge in [0.2, 0.25) is 0 Å². The summed E-state index contributed by atoms with van der Waals surface area (Å²) in [5.41, 5.74) is 6.30. The first-order chi connectivity index (χ1) is 19.7. The predicted molar refractivity (Wildman–Crippen MR) is 184 cm³/mol. The molecular formula is C38H80N2. The van der Waals surface area contributed by atoms with Crippen LogP contribution in [0.2, 0.25) is 0 Å². The normalized spacial score (nSPS) is 12.5. The van der Waals surface area contributed by atoms with Gasteiger partial charge in [-0.15, -0.1) is 0 Å². The van der Waals surface area contributed by atoms with Crippen molar-refractivity contribution in [3.63, 3.8) is 0 Å². The van der Waals surface area contributed by atoms with Gasteiger partial charge in [-0.1, -0.05) is 206 Å². The third-order valence-corrected chi connectivity index (χ3v) is 9.17. The van der Waals surface area contributed by atoms with Gasteiger partial charge in [-0.05, 0) is 32.9 Å². The van der Waals surface area contributed by atoms with Crippen molar-refractivity contribution in [2.75, 3.05) is 13.1 Å². The van der Waals surface area contributed by atoms with Gasteiger partial charge in [0.15, 0.2) is 0 Å². The summed E-state index contributed by atoms with van der Waals surface area (Å²) >= 11 is 0. The number of hydrogen-bond donors (Lipinski definition) is 1. The molecule has 0 fully saturated rings. The molecule has 0 aliphatic heterocycles. The molecule has 2 N–H and O–H groups in total. The first kappa shape index (κ1) is 39.9. The molecule has 0 saturated heterocycles. The van der Waals surface area contributed by atoms with Crippen LogP contribution in [0.15, 0.2) is 0 Å². The Kier molecular flexibility index (Phi) is 35.0. The van der Waals surface area contributed by atoms with Crippen LogP contribution >= 0.6 is 0 Å². The molecule has 0 aromatic carbocycles. The molecule has 242 valence electrons. The minimum absolute atomic E-state index is 0.215. The van der Waals surface area contributed by atoms with Gasteiger partial charge < -0.3 is 5.73 Å². The molecule has 0 saturated carbocycles. The van der Waals surface area contributed by atoms with Crippen LogP contribution in [0, 0.1) is 0 Å². The Morgan fingerprint density at radius 3 is 0.675 bits per heavy atom. The highest BCUT2D eigenvalue weighted by molar-refractivity contribution is 4.63. The summed E-state index contributed by atoms with van der Waals surface area (Å²) in [6, 6.07) is 0. The van der Waals surface area contributed by atoms with Gasteiger partial charge in [0.1, 0.15) is 0 Å². The summed E-state index contributed by atoms with van der Waals surface area (Å²) in [5, 5.41) is 0. The van der Waals surface area contributed by atoms with Crippen LogP contribution in [-0.4, -0.2) is 24.2 Å². The average molecular weight is 565 g/mol. The minimum Gasteiger partial charge on any atom is -0.316 e. The third kappa shape index (κ3) is 32.4. The van der Waals surface area contributed by atoms with Crippen molar-refractivity contribution >= 4 is 0 Å². The van der Waals surface area contributed by atoms with Crippen LogP contribution in [0.5, 0.6) is 0 Å². The van der Waals surface area contributed by atoms with Gasteiger partial charge in [0, 0.05) is 0 Å². The van der Waals surface area contributed by atoms with Crippen LogP contribution in [-0.2, 0) is 0 Å². The fourth-order valence-corrected chi connectivity index (χ4v) is 6.25. The standard InChI is InChI=1S/C38H80N2/c1-4-6-8-10-12-14-16-18-20-22-24-26-28-30-32-34-36-40(38(3)39)37-35-33-31-29-27-25-23-21-19-17-15-13-11-9-7-5-2/h38H,4-37,39H2,1-3H3. The molecule has 0 aliphatic rings. The van der Waals surface area contributed by atoms with E-state index in [2.05, 4.69) is 25.7 Å². The van der Waals surface area contributed by atoms with Crippen LogP contribution in [0.25, 0.3) is 0 Å². The molecule has 0 rings (SSSR count). The lowest BCUT2D eigenvalue weighted by atomic mass is 10.0. The monoisotopic (exact) mass is 565 g/mol. The lowest BCUT2D eigenvalue weighted by Gasteiger charge is -2.26. The van der Waals surface area contributed by atoms with E-state index in [9.17, 15) is 0 Å². The number of rotatable bonds is 35. The first-order valence-electron chi connectivity index (χ1n) is 19.2. The summed E-state index contributed by atoms with van der Waals surface area (Å²) in [6.07, 6.45) is 46.3. The van der Waals surface area contributed by atoms with Gasteiger partial charge in [-0.25, -0.2) is 0 Å². The van der Waals surface area contributed by atoms with Crippen LogP contribution in [0.4, 0.5) is 0 Å². The molecule has 0 spiro atoms. The van der Waals surface area contributed by atoms with Gasteiger partial charge in [0.25, 0.3) is 0 Å². The first-order valence-corrected chi connectivity index (χ1v) is 19.2. The van der Waals surface area contributed by atoms with E-state index in [4.69, 9.17) is 5.73 Å². The van der Waals surface area contributed by atoms with Crippen molar-refractivity contribution in [2.45, 2.75) is 232 Å². The van der Waals surface area contributed by atoms with Crippen LogP contribution in [0.1, 0.15) is 226 Å². The maximum absolute atomic E-state index is 6.30. The predicted octanol–water partition coefficient (Wildman–Crippen LogP) is 13.1. The zero-order valence-electron chi connectivity index (χ0n) is 28.6. The lowest BCUT2D eigenvalue weighted by molar-refractivity contribution is 0.203. The number of unbranched alkanes of at least 4 members (excludes halogenated alkanes) is 30. The summed E-state index contributed by atoms with van der Waals surface area (Å²) < 4.78 is 0. The SMILES string of the molecule is CCCCCCCCCCCCCCCCCCN(CCCCCCCCCCCCCCCCCC)C(C)N. The summed E-state index contributed by atoms with van der Waals surface area (Å²) in [6.45, 7) is 9.19. The molecular weight excluding hydrogens is 484 g/mol. The van der Waals surface area contributed by atoms with Crippen molar-refractivity contribution in [1.82, 2.24) is 4.90 Å². The zero-order chi connectivity index (χ0) is 29.2. The molecule has 0 aliphatic carbocycles. The van der Waals surface area contributed by atoms with Crippen molar-refractivity contribution in [3.8, 4) is 0 Å². The maximum Gasteiger partial charge on any atom is 0.0542 e. The van der Waals surface area contributed by atoms with Gasteiger partial charge in [0.05, 0.1) is 6.17 Å². The Morgan fingerprint density at radius 2 is 0.500 bits per heavy atom. The van der Waals surface area contributed by atoms with E-state index in [0.717, 1.165) is 0 Å². The number of nitrogens with two attached hydrogens (primary N) is 1. The fraction of sp³-hybridized carbons (Fsp3) is 1.00. The summed E-state index contributed by atoms with van der Waals surface area (Å²) in [4.78, 5) is 2.54. The van der Waals surface area contributed by atoms with Gasteiger partial charge in [-0.3, -0.25) is 4.90 Å². The average Bonchev–Trinajstić information content (AvgIpc) is 2.95. The van der Waals surface area contributed by atoms with Crippen LogP contribution < -0.4 is 5.73 Å². The van der Waals surface area contributed by atoms with Crippen molar-refractivity contribution < 1.29 is 0 Å². The Morgan fingerprint density at radius 1 is 0.325 bits per heavy atom. The van der Waals surface area contributed by atoms with Gasteiger partial charge in [-0.2, -0.15) is 0 Å². The highest BCUT2D eigenvalue weighted by Gasteiger charge is 2.08. The quantitative estimate of drug-likeness (QED) is 0.0612. The van der Waals surface area contributed by atoms with Gasteiger partial charge >= 0.3 is 0 Å². The third-order valence-electron chi connectivity index (χ3n) is 9.17. The summed E-state index contributed by atoms with van der Waals surface area (Å²) in [5.74, 6) is 0. The van der Waals surface area contributed by atoms with Crippen molar-refractivity contribution in [1.29, 1.82) is 0 Å². The molecule has 2 nitrogen and oxygen atoms in total. The molecule has 1 atom stereocenters. The van der Waals surface area contributed by atoms with Crippen LogP contribution in [0.3, 0.4) is 0 Å². The van der Waals surface area contributed by atoms with E-state index in [1.807, 2.05) is 0 Å². The van der Waals surface area contributed by atoms with E-state index in [-0.39, 0.29) is 6.17 Å². The molecule has 0 aromatic heterocycles. The molecule has 40 heavy (non-hydrogen) atoms. The van der Waals surface area contributed by atoms with Crippen molar-refractivity contribution in [3.05, 3.63) is 0 Å².